The molecule has 1 aromatic carbocycles. The minimum Gasteiger partial charge on any atom is -0.0801 e. The molecule has 14 heavy (non-hydrogen) atoms. The van der Waals surface area contributed by atoms with Crippen LogP contribution in [0.15, 0.2) is 30.3 Å². The van der Waals surface area contributed by atoms with E-state index in [9.17, 15) is 0 Å². The van der Waals surface area contributed by atoms with Gasteiger partial charge < -0.3 is 0 Å². The third kappa shape index (κ3) is 1.61. The third-order valence-corrected chi connectivity index (χ3v) is 3.21. The zero-order valence-electron chi connectivity index (χ0n) is 9.30. The van der Waals surface area contributed by atoms with E-state index in [2.05, 4.69) is 51.1 Å². The quantitative estimate of drug-likeness (QED) is 0.616. The molecule has 0 saturated carbocycles. The molecular weight excluding hydrogens is 168 g/mol. The van der Waals surface area contributed by atoms with E-state index in [0.29, 0.717) is 5.41 Å². The van der Waals surface area contributed by atoms with E-state index in [4.69, 9.17) is 0 Å². The number of rotatable bonds is 1. The molecule has 1 aliphatic rings. The monoisotopic (exact) mass is 186 g/mol. The molecule has 0 fully saturated rings. The van der Waals surface area contributed by atoms with Crippen LogP contribution in [0.1, 0.15) is 37.8 Å². The van der Waals surface area contributed by atoms with Gasteiger partial charge in [-0.1, -0.05) is 49.8 Å². The first-order chi connectivity index (χ1) is 6.59. The molecule has 0 nitrogen and oxygen atoms in total. The summed E-state index contributed by atoms with van der Waals surface area (Å²) in [6.45, 7) is 6.81. The lowest BCUT2D eigenvalue weighted by Crippen LogP contribution is -2.08. The highest BCUT2D eigenvalue weighted by atomic mass is 14.3. The van der Waals surface area contributed by atoms with Gasteiger partial charge in [0.25, 0.3) is 0 Å². The standard InChI is InChI=1S/C14H18/c1-11-6-8-12(9-7-11)13-5-4-10-14(13,2)3/h5-9H,4,10H2,1-3H3. The third-order valence-electron chi connectivity index (χ3n) is 3.21. The topological polar surface area (TPSA) is 0 Å². The first-order valence-corrected chi connectivity index (χ1v) is 5.37. The van der Waals surface area contributed by atoms with Gasteiger partial charge in [0.05, 0.1) is 0 Å². The molecule has 0 heterocycles. The Kier molecular flexibility index (Phi) is 2.22. The van der Waals surface area contributed by atoms with Crippen molar-refractivity contribution in [3.05, 3.63) is 41.5 Å². The summed E-state index contributed by atoms with van der Waals surface area (Å²) in [6.07, 6.45) is 4.91. The van der Waals surface area contributed by atoms with Gasteiger partial charge >= 0.3 is 0 Å². The molecule has 0 heteroatoms. The van der Waals surface area contributed by atoms with E-state index < -0.39 is 0 Å². The fraction of sp³-hybridized carbons (Fsp3) is 0.429. The Labute approximate surface area is 86.7 Å². The maximum absolute atomic E-state index is 2.39. The lowest BCUT2D eigenvalue weighted by Gasteiger charge is -2.22. The highest BCUT2D eigenvalue weighted by molar-refractivity contribution is 5.71. The number of allylic oxidation sites excluding steroid dienone is 2. The molecule has 1 aromatic rings. The molecular formula is C14H18. The fourth-order valence-electron chi connectivity index (χ4n) is 2.23. The van der Waals surface area contributed by atoms with Crippen molar-refractivity contribution in [1.29, 1.82) is 0 Å². The van der Waals surface area contributed by atoms with Crippen LogP contribution in [0.25, 0.3) is 5.57 Å². The second kappa shape index (κ2) is 3.27. The molecule has 0 aromatic heterocycles. The van der Waals surface area contributed by atoms with E-state index >= 15 is 0 Å². The van der Waals surface area contributed by atoms with Gasteiger partial charge in [-0.2, -0.15) is 0 Å². The number of hydrogen-bond donors (Lipinski definition) is 0. The van der Waals surface area contributed by atoms with Crippen LogP contribution < -0.4 is 0 Å². The van der Waals surface area contributed by atoms with Gasteiger partial charge in [0.2, 0.25) is 0 Å². The van der Waals surface area contributed by atoms with Crippen molar-refractivity contribution in [1.82, 2.24) is 0 Å². The molecule has 1 aliphatic carbocycles. The zero-order valence-corrected chi connectivity index (χ0v) is 9.30. The average molecular weight is 186 g/mol. The highest BCUT2D eigenvalue weighted by Gasteiger charge is 2.27. The summed E-state index contributed by atoms with van der Waals surface area (Å²) in [5, 5.41) is 0. The van der Waals surface area contributed by atoms with E-state index in [1.165, 1.54) is 29.5 Å². The maximum Gasteiger partial charge on any atom is -0.00978 e. The van der Waals surface area contributed by atoms with E-state index in [-0.39, 0.29) is 0 Å². The van der Waals surface area contributed by atoms with Crippen LogP contribution in [-0.2, 0) is 0 Å². The fourth-order valence-corrected chi connectivity index (χ4v) is 2.23. The summed E-state index contributed by atoms with van der Waals surface area (Å²) < 4.78 is 0. The first-order valence-electron chi connectivity index (χ1n) is 5.37. The van der Waals surface area contributed by atoms with Crippen LogP contribution in [0.2, 0.25) is 0 Å². The van der Waals surface area contributed by atoms with E-state index in [1.54, 1.807) is 0 Å². The van der Waals surface area contributed by atoms with Gasteiger partial charge in [-0.15, -0.1) is 0 Å². The maximum atomic E-state index is 2.39. The molecule has 0 atom stereocenters. The first kappa shape index (κ1) is 9.51. The van der Waals surface area contributed by atoms with Crippen molar-refractivity contribution in [3.63, 3.8) is 0 Å². The van der Waals surface area contributed by atoms with Crippen molar-refractivity contribution in [3.8, 4) is 0 Å². The molecule has 0 spiro atoms. The van der Waals surface area contributed by atoms with Gasteiger partial charge in [0.1, 0.15) is 0 Å². The van der Waals surface area contributed by atoms with Crippen molar-refractivity contribution < 1.29 is 0 Å². The molecule has 0 radical (unpaired) electrons. The Morgan fingerprint density at radius 3 is 2.21 bits per heavy atom. The lowest BCUT2D eigenvalue weighted by molar-refractivity contribution is 0.487. The van der Waals surface area contributed by atoms with Crippen molar-refractivity contribution in [2.75, 3.05) is 0 Å². The summed E-state index contributed by atoms with van der Waals surface area (Å²) >= 11 is 0. The zero-order chi connectivity index (χ0) is 10.2. The second-order valence-corrected chi connectivity index (χ2v) is 4.91. The SMILES string of the molecule is Cc1ccc(C2=CCCC2(C)C)cc1. The summed E-state index contributed by atoms with van der Waals surface area (Å²) in [5.41, 5.74) is 4.63. The average Bonchev–Trinajstić information content (AvgIpc) is 2.47. The molecule has 0 amide bonds. The van der Waals surface area contributed by atoms with Gasteiger partial charge in [-0.3, -0.25) is 0 Å². The Morgan fingerprint density at radius 1 is 1.07 bits per heavy atom. The second-order valence-electron chi connectivity index (χ2n) is 4.91. The van der Waals surface area contributed by atoms with Crippen LogP contribution in [0.5, 0.6) is 0 Å². The minimum absolute atomic E-state index is 0.370. The number of aryl methyl sites for hydroxylation is 1. The van der Waals surface area contributed by atoms with Crippen LogP contribution in [0, 0.1) is 12.3 Å². The van der Waals surface area contributed by atoms with Crippen LogP contribution in [-0.4, -0.2) is 0 Å². The Bertz CT molecular complexity index is 352. The van der Waals surface area contributed by atoms with Gasteiger partial charge in [0, 0.05) is 0 Å². The number of hydrogen-bond acceptors (Lipinski definition) is 0. The highest BCUT2D eigenvalue weighted by Crippen LogP contribution is 2.43. The summed E-state index contributed by atoms with van der Waals surface area (Å²) in [7, 11) is 0. The lowest BCUT2D eigenvalue weighted by atomic mass is 9.82. The van der Waals surface area contributed by atoms with Gasteiger partial charge in [-0.05, 0) is 36.3 Å². The molecule has 74 valence electrons. The summed E-state index contributed by atoms with van der Waals surface area (Å²) in [5.74, 6) is 0. The van der Waals surface area contributed by atoms with Gasteiger partial charge in [-0.25, -0.2) is 0 Å². The van der Waals surface area contributed by atoms with Gasteiger partial charge in [0.15, 0.2) is 0 Å². The largest absolute Gasteiger partial charge is 0.0801 e. The van der Waals surface area contributed by atoms with Crippen molar-refractivity contribution in [2.45, 2.75) is 33.6 Å². The Morgan fingerprint density at radius 2 is 1.71 bits per heavy atom. The Balaban J connectivity index is 2.36. The molecule has 0 aliphatic heterocycles. The molecule has 0 unspecified atom stereocenters. The van der Waals surface area contributed by atoms with Crippen LogP contribution in [0.3, 0.4) is 0 Å². The van der Waals surface area contributed by atoms with E-state index in [0.717, 1.165) is 0 Å². The smallest absolute Gasteiger partial charge is 0.00978 e. The van der Waals surface area contributed by atoms with Crippen molar-refractivity contribution >= 4 is 5.57 Å². The Hall–Kier alpha value is -1.04. The number of benzene rings is 1. The summed E-state index contributed by atoms with van der Waals surface area (Å²) in [6, 6.07) is 8.89. The summed E-state index contributed by atoms with van der Waals surface area (Å²) in [4.78, 5) is 0. The predicted octanol–water partition coefficient (Wildman–Crippen LogP) is 4.20. The minimum atomic E-state index is 0.370. The van der Waals surface area contributed by atoms with E-state index in [1.807, 2.05) is 0 Å². The van der Waals surface area contributed by atoms with Crippen LogP contribution in [0.4, 0.5) is 0 Å². The molecule has 0 bridgehead atoms. The normalized spacial score (nSPS) is 19.5. The predicted molar refractivity (Wildman–Crippen MR) is 62.2 cm³/mol. The van der Waals surface area contributed by atoms with Crippen molar-refractivity contribution in [2.24, 2.45) is 5.41 Å². The molecule has 2 rings (SSSR count). The molecule has 0 N–H and O–H groups in total. The van der Waals surface area contributed by atoms with Crippen LogP contribution >= 0.6 is 0 Å². The molecule has 0 saturated heterocycles.